The monoisotopic (exact) mass is 463 g/mol. The Kier molecular flexibility index (Phi) is 6.67. The van der Waals surface area contributed by atoms with Crippen LogP contribution in [0.15, 0.2) is 86.3 Å². The Morgan fingerprint density at radius 3 is 2.31 bits per heavy atom. The first kappa shape index (κ1) is 22.2. The number of nitrogens with zero attached hydrogens (tertiary/aromatic N) is 1. The molecule has 2 amide bonds. The molecule has 1 heterocycles. The molecule has 0 spiro atoms. The van der Waals surface area contributed by atoms with Gasteiger partial charge in [-0.1, -0.05) is 67.2 Å². The number of unbranched alkanes of at least 4 members (excludes halogenated alkanes) is 1. The molecule has 0 aromatic heterocycles. The van der Waals surface area contributed by atoms with E-state index in [1.54, 1.807) is 24.3 Å². The van der Waals surface area contributed by atoms with Gasteiger partial charge in [-0.05, 0) is 42.8 Å². The van der Waals surface area contributed by atoms with Crippen molar-refractivity contribution in [1.82, 2.24) is 4.90 Å². The van der Waals surface area contributed by atoms with E-state index in [-0.39, 0.29) is 17.4 Å². The van der Waals surface area contributed by atoms with Crippen molar-refractivity contribution >= 4 is 41.3 Å². The number of fused-ring (bicyclic) bond motifs is 1. The molecule has 1 N–H and O–H groups in total. The van der Waals surface area contributed by atoms with Gasteiger partial charge in [0, 0.05) is 26.1 Å². The van der Waals surface area contributed by atoms with Gasteiger partial charge >= 0.3 is 5.97 Å². The fourth-order valence-corrected chi connectivity index (χ4v) is 5.61. The van der Waals surface area contributed by atoms with E-state index < -0.39 is 5.97 Å². The predicted molar refractivity (Wildman–Crippen MR) is 125 cm³/mol. The van der Waals surface area contributed by atoms with Crippen LogP contribution in [0.25, 0.3) is 0 Å². The second-order valence-electron chi connectivity index (χ2n) is 7.28. The molecule has 0 radical (unpaired) electrons. The third kappa shape index (κ3) is 4.45. The molecule has 32 heavy (non-hydrogen) atoms. The van der Waals surface area contributed by atoms with Gasteiger partial charge in [0.05, 0.1) is 16.7 Å². The maximum Gasteiger partial charge on any atom is 0.336 e. The summed E-state index contributed by atoms with van der Waals surface area (Å²) in [4.78, 5) is 42.2. The quantitative estimate of drug-likeness (QED) is 0.408. The SMILES string of the molecule is CCCCN1C(=O)c2cc(Sc3ccccc3)cc(Sc3ccccc3C(=O)O)c2C1=O. The van der Waals surface area contributed by atoms with Crippen molar-refractivity contribution in [3.63, 3.8) is 0 Å². The molecule has 3 aromatic carbocycles. The molecule has 7 heteroatoms. The third-order valence-corrected chi connectivity index (χ3v) is 7.16. The van der Waals surface area contributed by atoms with Crippen LogP contribution in [-0.2, 0) is 0 Å². The van der Waals surface area contributed by atoms with E-state index in [2.05, 4.69) is 0 Å². The first-order chi connectivity index (χ1) is 15.5. The van der Waals surface area contributed by atoms with Gasteiger partial charge in [0.25, 0.3) is 11.8 Å². The Morgan fingerprint density at radius 2 is 1.59 bits per heavy atom. The van der Waals surface area contributed by atoms with Gasteiger partial charge in [-0.2, -0.15) is 0 Å². The zero-order chi connectivity index (χ0) is 22.7. The highest BCUT2D eigenvalue weighted by molar-refractivity contribution is 8.00. The Bertz CT molecular complexity index is 1190. The van der Waals surface area contributed by atoms with Crippen LogP contribution in [0, 0.1) is 0 Å². The molecule has 4 rings (SSSR count). The average Bonchev–Trinajstić information content (AvgIpc) is 3.03. The molecular weight excluding hydrogens is 442 g/mol. The number of rotatable bonds is 8. The van der Waals surface area contributed by atoms with E-state index in [0.717, 1.165) is 22.6 Å². The largest absolute Gasteiger partial charge is 0.478 e. The van der Waals surface area contributed by atoms with Crippen LogP contribution < -0.4 is 0 Å². The summed E-state index contributed by atoms with van der Waals surface area (Å²) >= 11 is 2.71. The normalized spacial score (nSPS) is 12.8. The highest BCUT2D eigenvalue weighted by Crippen LogP contribution is 2.41. The number of hydrogen-bond acceptors (Lipinski definition) is 5. The number of carbonyl (C=O) groups excluding carboxylic acids is 2. The highest BCUT2D eigenvalue weighted by atomic mass is 32.2. The van der Waals surface area contributed by atoms with Crippen LogP contribution >= 0.6 is 23.5 Å². The van der Waals surface area contributed by atoms with E-state index in [1.165, 1.54) is 34.5 Å². The molecule has 0 atom stereocenters. The second-order valence-corrected chi connectivity index (χ2v) is 9.51. The summed E-state index contributed by atoms with van der Waals surface area (Å²) in [6, 6.07) is 20.1. The summed E-state index contributed by atoms with van der Waals surface area (Å²) in [5.74, 6) is -1.64. The number of aromatic carboxylic acids is 1. The van der Waals surface area contributed by atoms with Crippen molar-refractivity contribution in [3.05, 3.63) is 83.4 Å². The van der Waals surface area contributed by atoms with Gasteiger partial charge in [-0.15, -0.1) is 0 Å². The van der Waals surface area contributed by atoms with Crippen molar-refractivity contribution in [3.8, 4) is 0 Å². The summed E-state index contributed by atoms with van der Waals surface area (Å²) in [7, 11) is 0. The molecule has 3 aromatic rings. The zero-order valence-electron chi connectivity index (χ0n) is 17.4. The zero-order valence-corrected chi connectivity index (χ0v) is 19.0. The third-order valence-electron chi connectivity index (χ3n) is 5.06. The van der Waals surface area contributed by atoms with Crippen LogP contribution in [-0.4, -0.2) is 34.3 Å². The number of carbonyl (C=O) groups is 3. The van der Waals surface area contributed by atoms with Crippen LogP contribution in [0.1, 0.15) is 50.8 Å². The molecule has 0 fully saturated rings. The summed E-state index contributed by atoms with van der Waals surface area (Å²) in [6.45, 7) is 2.39. The van der Waals surface area contributed by atoms with Gasteiger partial charge < -0.3 is 5.11 Å². The molecule has 0 saturated carbocycles. The van der Waals surface area contributed by atoms with Crippen LogP contribution in [0.2, 0.25) is 0 Å². The molecular formula is C25H21NO4S2. The van der Waals surface area contributed by atoms with Crippen molar-refractivity contribution in [2.45, 2.75) is 39.3 Å². The maximum atomic E-state index is 13.2. The lowest BCUT2D eigenvalue weighted by Crippen LogP contribution is -2.30. The second kappa shape index (κ2) is 9.63. The van der Waals surface area contributed by atoms with Crippen molar-refractivity contribution in [2.24, 2.45) is 0 Å². The molecule has 5 nitrogen and oxygen atoms in total. The molecule has 0 bridgehead atoms. The molecule has 1 aliphatic rings. The Morgan fingerprint density at radius 1 is 0.875 bits per heavy atom. The lowest BCUT2D eigenvalue weighted by molar-refractivity contribution is 0.0647. The number of hydrogen-bond donors (Lipinski definition) is 1. The van der Waals surface area contributed by atoms with E-state index in [4.69, 9.17) is 0 Å². The van der Waals surface area contributed by atoms with E-state index in [1.807, 2.05) is 43.3 Å². The van der Waals surface area contributed by atoms with E-state index in [9.17, 15) is 19.5 Å². The Labute approximate surface area is 194 Å². The Balaban J connectivity index is 1.80. The molecule has 0 unspecified atom stereocenters. The van der Waals surface area contributed by atoms with Crippen molar-refractivity contribution < 1.29 is 19.5 Å². The van der Waals surface area contributed by atoms with Crippen LogP contribution in [0.5, 0.6) is 0 Å². The lowest BCUT2D eigenvalue weighted by atomic mass is 10.1. The first-order valence-electron chi connectivity index (χ1n) is 10.3. The van der Waals surface area contributed by atoms with Crippen LogP contribution in [0.4, 0.5) is 0 Å². The lowest BCUT2D eigenvalue weighted by Gasteiger charge is -2.13. The number of amides is 2. The van der Waals surface area contributed by atoms with E-state index in [0.29, 0.717) is 27.5 Å². The van der Waals surface area contributed by atoms with Gasteiger partial charge in [0.15, 0.2) is 0 Å². The first-order valence-corrected chi connectivity index (χ1v) is 11.9. The smallest absolute Gasteiger partial charge is 0.336 e. The van der Waals surface area contributed by atoms with E-state index >= 15 is 0 Å². The minimum atomic E-state index is -1.04. The molecule has 0 saturated heterocycles. The number of imide groups is 1. The molecule has 0 aliphatic carbocycles. The van der Waals surface area contributed by atoms with Gasteiger partial charge in [-0.3, -0.25) is 14.5 Å². The fraction of sp³-hybridized carbons (Fsp3) is 0.160. The standard InChI is InChI=1S/C25H21NO4S2/c1-2-3-13-26-23(27)19-14-17(31-16-9-5-4-6-10-16)15-21(22(19)24(26)28)32-20-12-8-7-11-18(20)25(29)30/h4-12,14-15H,2-3,13H2,1H3,(H,29,30). The summed E-state index contributed by atoms with van der Waals surface area (Å²) in [6.07, 6.45) is 1.61. The van der Waals surface area contributed by atoms with Gasteiger partial charge in [0.1, 0.15) is 0 Å². The predicted octanol–water partition coefficient (Wildman–Crippen LogP) is 6.08. The highest BCUT2D eigenvalue weighted by Gasteiger charge is 2.38. The van der Waals surface area contributed by atoms with Crippen molar-refractivity contribution in [1.29, 1.82) is 0 Å². The molecule has 1 aliphatic heterocycles. The number of carboxylic acid groups (broad SMARTS) is 1. The molecule has 162 valence electrons. The summed E-state index contributed by atoms with van der Waals surface area (Å²) in [5.41, 5.74) is 0.892. The fourth-order valence-electron chi connectivity index (χ4n) is 3.49. The Hall–Kier alpha value is -3.03. The number of benzene rings is 3. The maximum absolute atomic E-state index is 13.2. The minimum absolute atomic E-state index is 0.159. The van der Waals surface area contributed by atoms with Crippen LogP contribution in [0.3, 0.4) is 0 Å². The van der Waals surface area contributed by atoms with Gasteiger partial charge in [0.2, 0.25) is 0 Å². The van der Waals surface area contributed by atoms with Crippen molar-refractivity contribution in [2.75, 3.05) is 6.54 Å². The topological polar surface area (TPSA) is 74.7 Å². The number of carboxylic acids is 1. The summed E-state index contributed by atoms with van der Waals surface area (Å²) in [5, 5.41) is 9.57. The average molecular weight is 464 g/mol. The van der Waals surface area contributed by atoms with Gasteiger partial charge in [-0.25, -0.2) is 4.79 Å². The summed E-state index contributed by atoms with van der Waals surface area (Å²) < 4.78 is 0. The minimum Gasteiger partial charge on any atom is -0.478 e.